The highest BCUT2D eigenvalue weighted by Crippen LogP contribution is 2.34. The lowest BCUT2D eigenvalue weighted by Crippen LogP contribution is -2.27. The predicted octanol–water partition coefficient (Wildman–Crippen LogP) is 2.25. The van der Waals surface area contributed by atoms with E-state index in [1.165, 1.54) is 0 Å². The second-order valence-corrected chi connectivity index (χ2v) is 4.80. The molecule has 1 fully saturated rings. The Morgan fingerprint density at radius 3 is 2.78 bits per heavy atom. The Bertz CT molecular complexity index is 433. The van der Waals surface area contributed by atoms with Gasteiger partial charge in [-0.2, -0.15) is 0 Å². The van der Waals surface area contributed by atoms with Crippen LogP contribution in [-0.4, -0.2) is 34.2 Å². The summed E-state index contributed by atoms with van der Waals surface area (Å²) >= 11 is 0. The summed E-state index contributed by atoms with van der Waals surface area (Å²) in [5, 5.41) is 18.9. The van der Waals surface area contributed by atoms with Crippen molar-refractivity contribution in [3.63, 3.8) is 0 Å². The second-order valence-electron chi connectivity index (χ2n) is 4.80. The van der Waals surface area contributed by atoms with Crippen LogP contribution in [0.15, 0.2) is 24.3 Å². The molecular weight excluding hydrogens is 230 g/mol. The van der Waals surface area contributed by atoms with E-state index in [0.29, 0.717) is 18.7 Å². The van der Waals surface area contributed by atoms with Crippen molar-refractivity contribution < 1.29 is 15.0 Å². The molecule has 0 aromatic heterocycles. The third kappa shape index (κ3) is 2.48. The maximum atomic E-state index is 11.0. The lowest BCUT2D eigenvalue weighted by Gasteiger charge is -2.27. The van der Waals surface area contributed by atoms with Gasteiger partial charge in [0.1, 0.15) is 5.75 Å². The van der Waals surface area contributed by atoms with Crippen molar-refractivity contribution >= 4 is 5.97 Å². The molecule has 1 aliphatic rings. The minimum atomic E-state index is -0.718. The highest BCUT2D eigenvalue weighted by molar-refractivity contribution is 5.70. The van der Waals surface area contributed by atoms with Crippen molar-refractivity contribution in [2.24, 2.45) is 5.92 Å². The molecule has 2 N–H and O–H groups in total. The topological polar surface area (TPSA) is 60.8 Å². The fraction of sp³-hybridized carbons (Fsp3) is 0.500. The van der Waals surface area contributed by atoms with Gasteiger partial charge < -0.3 is 10.2 Å². The van der Waals surface area contributed by atoms with Crippen molar-refractivity contribution in [3.05, 3.63) is 29.8 Å². The molecule has 0 radical (unpaired) electrons. The summed E-state index contributed by atoms with van der Waals surface area (Å²) in [5.41, 5.74) is 0.894. The van der Waals surface area contributed by atoms with Gasteiger partial charge in [0.15, 0.2) is 0 Å². The summed E-state index contributed by atoms with van der Waals surface area (Å²) in [5.74, 6) is -0.697. The Balaban J connectivity index is 2.16. The molecule has 1 aromatic carbocycles. The number of carbonyl (C=O) groups is 1. The molecule has 2 rings (SSSR count). The summed E-state index contributed by atoms with van der Waals surface area (Å²) in [6.07, 6.45) is 1.56. The van der Waals surface area contributed by atoms with Gasteiger partial charge in [0, 0.05) is 18.2 Å². The Morgan fingerprint density at radius 1 is 1.50 bits per heavy atom. The van der Waals surface area contributed by atoms with Crippen LogP contribution in [0.1, 0.15) is 31.4 Å². The first-order valence-corrected chi connectivity index (χ1v) is 6.38. The largest absolute Gasteiger partial charge is 0.508 e. The van der Waals surface area contributed by atoms with E-state index < -0.39 is 5.97 Å². The van der Waals surface area contributed by atoms with Gasteiger partial charge in [0.2, 0.25) is 0 Å². The van der Waals surface area contributed by atoms with E-state index >= 15 is 0 Å². The molecule has 0 aliphatic carbocycles. The molecule has 2 unspecified atom stereocenters. The first kappa shape index (κ1) is 12.9. The van der Waals surface area contributed by atoms with Crippen molar-refractivity contribution in [1.29, 1.82) is 0 Å². The van der Waals surface area contributed by atoms with Crippen LogP contribution in [0.3, 0.4) is 0 Å². The molecule has 1 heterocycles. The van der Waals surface area contributed by atoms with Crippen LogP contribution in [0.2, 0.25) is 0 Å². The molecule has 18 heavy (non-hydrogen) atoms. The van der Waals surface area contributed by atoms with E-state index in [2.05, 4.69) is 11.8 Å². The summed E-state index contributed by atoms with van der Waals surface area (Å²) in [6.45, 7) is 3.41. The van der Waals surface area contributed by atoms with Gasteiger partial charge in [-0.1, -0.05) is 25.1 Å². The van der Waals surface area contributed by atoms with Crippen LogP contribution in [-0.2, 0) is 4.79 Å². The molecule has 2 atom stereocenters. The third-order valence-corrected chi connectivity index (χ3v) is 3.69. The van der Waals surface area contributed by atoms with Gasteiger partial charge in [0.05, 0.1) is 5.92 Å². The maximum absolute atomic E-state index is 11.0. The molecule has 1 aliphatic heterocycles. The Hall–Kier alpha value is -1.55. The van der Waals surface area contributed by atoms with E-state index in [4.69, 9.17) is 5.11 Å². The van der Waals surface area contributed by atoms with E-state index in [9.17, 15) is 9.90 Å². The van der Waals surface area contributed by atoms with Gasteiger partial charge in [-0.05, 0) is 25.5 Å². The number of nitrogens with zero attached hydrogens (tertiary/aromatic N) is 1. The number of hydrogen-bond donors (Lipinski definition) is 2. The number of rotatable bonds is 4. The van der Waals surface area contributed by atoms with E-state index in [1.54, 1.807) is 12.1 Å². The monoisotopic (exact) mass is 249 g/mol. The molecule has 1 saturated heterocycles. The average molecular weight is 249 g/mol. The second kappa shape index (κ2) is 5.40. The average Bonchev–Trinajstić information content (AvgIpc) is 2.82. The van der Waals surface area contributed by atoms with E-state index in [-0.39, 0.29) is 12.0 Å². The standard InChI is InChI=1S/C14H19NO3/c1-2-12(11-5-3-4-6-13(11)16)15-8-7-10(9-15)14(17)18/h3-6,10,12,16H,2,7-9H2,1H3,(H,17,18). The highest BCUT2D eigenvalue weighted by atomic mass is 16.4. The third-order valence-electron chi connectivity index (χ3n) is 3.69. The lowest BCUT2D eigenvalue weighted by atomic mass is 10.0. The number of phenols is 1. The summed E-state index contributed by atoms with van der Waals surface area (Å²) in [4.78, 5) is 13.1. The zero-order valence-electron chi connectivity index (χ0n) is 10.5. The Morgan fingerprint density at radius 2 is 2.22 bits per heavy atom. The number of aliphatic carboxylic acids is 1. The Labute approximate surface area is 107 Å². The first-order chi connectivity index (χ1) is 8.63. The van der Waals surface area contributed by atoms with Crippen LogP contribution in [0.5, 0.6) is 5.75 Å². The molecule has 0 amide bonds. The van der Waals surface area contributed by atoms with Crippen LogP contribution in [0.25, 0.3) is 0 Å². The van der Waals surface area contributed by atoms with Crippen molar-refractivity contribution in [3.8, 4) is 5.75 Å². The molecule has 4 heteroatoms. The minimum Gasteiger partial charge on any atom is -0.508 e. The van der Waals surface area contributed by atoms with Crippen molar-refractivity contribution in [2.75, 3.05) is 13.1 Å². The van der Waals surface area contributed by atoms with Crippen LogP contribution < -0.4 is 0 Å². The van der Waals surface area contributed by atoms with Crippen LogP contribution in [0.4, 0.5) is 0 Å². The molecular formula is C14H19NO3. The number of hydrogen-bond acceptors (Lipinski definition) is 3. The fourth-order valence-corrected chi connectivity index (χ4v) is 2.72. The highest BCUT2D eigenvalue weighted by Gasteiger charge is 2.32. The normalized spacial score (nSPS) is 21.9. The number of para-hydroxylation sites is 1. The predicted molar refractivity (Wildman–Crippen MR) is 68.5 cm³/mol. The molecule has 0 spiro atoms. The zero-order chi connectivity index (χ0) is 13.1. The number of carboxylic acid groups (broad SMARTS) is 1. The zero-order valence-corrected chi connectivity index (χ0v) is 10.5. The van der Waals surface area contributed by atoms with Gasteiger partial charge >= 0.3 is 5.97 Å². The number of benzene rings is 1. The van der Waals surface area contributed by atoms with Crippen molar-refractivity contribution in [1.82, 2.24) is 4.90 Å². The molecule has 0 bridgehead atoms. The first-order valence-electron chi connectivity index (χ1n) is 6.38. The van der Waals surface area contributed by atoms with Gasteiger partial charge in [-0.15, -0.1) is 0 Å². The van der Waals surface area contributed by atoms with Gasteiger partial charge in [-0.25, -0.2) is 0 Å². The molecule has 1 aromatic rings. The van der Waals surface area contributed by atoms with Crippen molar-refractivity contribution in [2.45, 2.75) is 25.8 Å². The van der Waals surface area contributed by atoms with Crippen LogP contribution in [0, 0.1) is 5.92 Å². The molecule has 4 nitrogen and oxygen atoms in total. The lowest BCUT2D eigenvalue weighted by molar-refractivity contribution is -0.141. The minimum absolute atomic E-state index is 0.107. The summed E-state index contributed by atoms with van der Waals surface area (Å²) in [7, 11) is 0. The van der Waals surface area contributed by atoms with Crippen LogP contribution >= 0.6 is 0 Å². The SMILES string of the molecule is CCC(c1ccccc1O)N1CCC(C(=O)O)C1. The van der Waals surface area contributed by atoms with Gasteiger partial charge in [0.25, 0.3) is 0 Å². The Kier molecular flexibility index (Phi) is 3.87. The summed E-state index contributed by atoms with van der Waals surface area (Å²) < 4.78 is 0. The number of carboxylic acids is 1. The quantitative estimate of drug-likeness (QED) is 0.859. The molecule has 0 saturated carbocycles. The van der Waals surface area contributed by atoms with Gasteiger partial charge in [-0.3, -0.25) is 9.69 Å². The number of aromatic hydroxyl groups is 1. The number of phenolic OH excluding ortho intramolecular Hbond substituents is 1. The van der Waals surface area contributed by atoms with E-state index in [1.807, 2.05) is 12.1 Å². The number of likely N-dealkylation sites (tertiary alicyclic amines) is 1. The maximum Gasteiger partial charge on any atom is 0.307 e. The molecule has 98 valence electrons. The summed E-state index contributed by atoms with van der Waals surface area (Å²) in [6, 6.07) is 7.41. The van der Waals surface area contributed by atoms with E-state index in [0.717, 1.165) is 18.5 Å². The smallest absolute Gasteiger partial charge is 0.307 e. The fourth-order valence-electron chi connectivity index (χ4n) is 2.72.